The highest BCUT2D eigenvalue weighted by atomic mass is 16.5. The second kappa shape index (κ2) is 5.96. The maximum absolute atomic E-state index is 11.5. The van der Waals surface area contributed by atoms with E-state index in [0.717, 1.165) is 17.9 Å². The van der Waals surface area contributed by atoms with Gasteiger partial charge in [-0.25, -0.2) is 0 Å². The van der Waals surface area contributed by atoms with Crippen LogP contribution in [0.5, 0.6) is 0 Å². The molecule has 2 aromatic rings. The van der Waals surface area contributed by atoms with Crippen molar-refractivity contribution < 1.29 is 9.53 Å². The number of ether oxygens (including phenoxy) is 1. The number of nitrogens with one attached hydrogen (secondary N) is 1. The lowest BCUT2D eigenvalue weighted by molar-refractivity contribution is -0.0468. The lowest BCUT2D eigenvalue weighted by Gasteiger charge is -2.40. The molecule has 1 atom stereocenters. The minimum Gasteiger partial charge on any atom is -0.367 e. The van der Waals surface area contributed by atoms with Gasteiger partial charge in [0.05, 0.1) is 19.3 Å². The minimum absolute atomic E-state index is 0.244. The van der Waals surface area contributed by atoms with Crippen LogP contribution >= 0.6 is 0 Å². The van der Waals surface area contributed by atoms with Crippen molar-refractivity contribution in [2.45, 2.75) is 12.5 Å². The first-order valence-corrected chi connectivity index (χ1v) is 7.46. The van der Waals surface area contributed by atoms with Gasteiger partial charge in [0.1, 0.15) is 5.60 Å². The van der Waals surface area contributed by atoms with Crippen molar-refractivity contribution in [3.8, 4) is 0 Å². The van der Waals surface area contributed by atoms with Gasteiger partial charge in [-0.2, -0.15) is 5.10 Å². The van der Waals surface area contributed by atoms with E-state index < -0.39 is 5.60 Å². The number of hydrogen-bond acceptors (Lipinski definition) is 6. The molecule has 8 heteroatoms. The molecular formula is C15H20N6O2. The lowest BCUT2D eigenvalue weighted by atomic mass is 9.97. The number of anilines is 1. The maximum atomic E-state index is 11.5. The zero-order valence-electron chi connectivity index (χ0n) is 13.5. The van der Waals surface area contributed by atoms with Gasteiger partial charge in [0.25, 0.3) is 5.91 Å². The Bertz CT molecular complexity index is 698. The standard InChI is InChI=1S/C15H20N6O2/c1-15(11-8-17-20(3)9-11)10-21(6-7-23-15)13-5-4-12(18-19-13)14(22)16-2/h4-5,8-9H,6-7,10H2,1-3H3,(H,16,22). The molecule has 0 radical (unpaired) electrons. The van der Waals surface area contributed by atoms with Gasteiger partial charge in [-0.15, -0.1) is 10.2 Å². The summed E-state index contributed by atoms with van der Waals surface area (Å²) >= 11 is 0. The van der Waals surface area contributed by atoms with Gasteiger partial charge < -0.3 is 15.0 Å². The Morgan fingerprint density at radius 1 is 1.39 bits per heavy atom. The summed E-state index contributed by atoms with van der Waals surface area (Å²) in [4.78, 5) is 13.6. The molecule has 0 aliphatic carbocycles. The summed E-state index contributed by atoms with van der Waals surface area (Å²) in [7, 11) is 3.45. The quantitative estimate of drug-likeness (QED) is 0.878. The largest absolute Gasteiger partial charge is 0.367 e. The van der Waals surface area contributed by atoms with Crippen molar-refractivity contribution in [2.24, 2.45) is 7.05 Å². The molecule has 1 fully saturated rings. The number of carbonyl (C=O) groups is 1. The fourth-order valence-corrected chi connectivity index (χ4v) is 2.68. The Morgan fingerprint density at radius 2 is 2.22 bits per heavy atom. The van der Waals surface area contributed by atoms with E-state index in [1.165, 1.54) is 0 Å². The molecule has 23 heavy (non-hydrogen) atoms. The van der Waals surface area contributed by atoms with E-state index in [9.17, 15) is 4.79 Å². The highest BCUT2D eigenvalue weighted by Crippen LogP contribution is 2.30. The van der Waals surface area contributed by atoms with Crippen LogP contribution in [0.1, 0.15) is 23.0 Å². The first kappa shape index (κ1) is 15.4. The topological polar surface area (TPSA) is 85.2 Å². The number of carbonyl (C=O) groups excluding carboxylic acids is 1. The van der Waals surface area contributed by atoms with Gasteiger partial charge in [0.2, 0.25) is 0 Å². The van der Waals surface area contributed by atoms with E-state index >= 15 is 0 Å². The fourth-order valence-electron chi connectivity index (χ4n) is 2.68. The third kappa shape index (κ3) is 3.02. The molecule has 1 saturated heterocycles. The number of amides is 1. The number of nitrogens with zero attached hydrogens (tertiary/aromatic N) is 5. The molecule has 3 heterocycles. The second-order valence-corrected chi connectivity index (χ2v) is 5.76. The normalized spacial score (nSPS) is 21.3. The average Bonchev–Trinajstić information content (AvgIpc) is 3.02. The van der Waals surface area contributed by atoms with Crippen molar-refractivity contribution >= 4 is 11.7 Å². The molecule has 1 aliphatic heterocycles. The molecule has 0 spiro atoms. The lowest BCUT2D eigenvalue weighted by Crippen LogP contribution is -2.48. The van der Waals surface area contributed by atoms with Crippen LogP contribution in [-0.2, 0) is 17.4 Å². The van der Waals surface area contributed by atoms with Crippen LogP contribution in [-0.4, -0.2) is 52.6 Å². The number of hydrogen-bond donors (Lipinski definition) is 1. The van der Waals surface area contributed by atoms with Gasteiger partial charge in [0, 0.05) is 32.4 Å². The highest BCUT2D eigenvalue weighted by Gasteiger charge is 2.35. The van der Waals surface area contributed by atoms with Gasteiger partial charge in [-0.3, -0.25) is 9.48 Å². The molecule has 0 bridgehead atoms. The summed E-state index contributed by atoms with van der Waals surface area (Å²) in [5.41, 5.74) is 0.882. The molecule has 122 valence electrons. The van der Waals surface area contributed by atoms with Crippen LogP contribution in [0.15, 0.2) is 24.5 Å². The summed E-state index contributed by atoms with van der Waals surface area (Å²) < 4.78 is 7.75. The predicted octanol–water partition coefficient (Wildman–Crippen LogP) is 0.322. The number of morpholine rings is 1. The maximum Gasteiger partial charge on any atom is 0.271 e. The summed E-state index contributed by atoms with van der Waals surface area (Å²) in [6.07, 6.45) is 3.79. The van der Waals surface area contributed by atoms with Gasteiger partial charge >= 0.3 is 0 Å². The SMILES string of the molecule is CNC(=O)c1ccc(N2CCOC(C)(c3cnn(C)c3)C2)nn1. The third-order valence-electron chi connectivity index (χ3n) is 4.02. The molecular weight excluding hydrogens is 296 g/mol. The molecule has 1 amide bonds. The highest BCUT2D eigenvalue weighted by molar-refractivity contribution is 5.91. The number of rotatable bonds is 3. The molecule has 1 unspecified atom stereocenters. The smallest absolute Gasteiger partial charge is 0.271 e. The van der Waals surface area contributed by atoms with Crippen molar-refractivity contribution in [1.82, 2.24) is 25.3 Å². The molecule has 1 N–H and O–H groups in total. The average molecular weight is 316 g/mol. The Kier molecular flexibility index (Phi) is 3.99. The summed E-state index contributed by atoms with van der Waals surface area (Å²) in [6, 6.07) is 3.49. The Balaban J connectivity index is 1.79. The zero-order valence-corrected chi connectivity index (χ0v) is 13.5. The summed E-state index contributed by atoms with van der Waals surface area (Å²) in [5, 5.41) is 14.9. The van der Waals surface area contributed by atoms with Crippen molar-refractivity contribution in [2.75, 3.05) is 31.6 Å². The molecule has 0 aromatic carbocycles. The van der Waals surface area contributed by atoms with Gasteiger partial charge in [0.15, 0.2) is 11.5 Å². The number of aromatic nitrogens is 4. The summed E-state index contributed by atoms with van der Waals surface area (Å²) in [6.45, 7) is 4.00. The van der Waals surface area contributed by atoms with Crippen LogP contribution in [0, 0.1) is 0 Å². The van der Waals surface area contributed by atoms with E-state index in [2.05, 4.69) is 25.5 Å². The Hall–Kier alpha value is -2.48. The zero-order chi connectivity index (χ0) is 16.4. The van der Waals surface area contributed by atoms with E-state index in [-0.39, 0.29) is 5.91 Å². The van der Waals surface area contributed by atoms with Gasteiger partial charge in [-0.1, -0.05) is 0 Å². The molecule has 0 saturated carbocycles. The second-order valence-electron chi connectivity index (χ2n) is 5.76. The Labute approximate surface area is 134 Å². The first-order valence-electron chi connectivity index (χ1n) is 7.46. The third-order valence-corrected chi connectivity index (χ3v) is 4.02. The number of aryl methyl sites for hydroxylation is 1. The molecule has 1 aliphatic rings. The molecule has 3 rings (SSSR count). The molecule has 8 nitrogen and oxygen atoms in total. The fraction of sp³-hybridized carbons (Fsp3) is 0.467. The van der Waals surface area contributed by atoms with E-state index in [4.69, 9.17) is 4.74 Å². The van der Waals surface area contributed by atoms with Gasteiger partial charge in [-0.05, 0) is 19.1 Å². The van der Waals surface area contributed by atoms with Crippen molar-refractivity contribution in [3.05, 3.63) is 35.8 Å². The van der Waals surface area contributed by atoms with E-state index in [1.54, 1.807) is 17.8 Å². The predicted molar refractivity (Wildman–Crippen MR) is 84.1 cm³/mol. The molecule has 2 aromatic heterocycles. The minimum atomic E-state index is -0.451. The van der Waals surface area contributed by atoms with Crippen LogP contribution in [0.2, 0.25) is 0 Å². The monoisotopic (exact) mass is 316 g/mol. The van der Waals surface area contributed by atoms with E-state index in [1.807, 2.05) is 32.4 Å². The van der Waals surface area contributed by atoms with E-state index in [0.29, 0.717) is 18.8 Å². The van der Waals surface area contributed by atoms with Crippen LogP contribution < -0.4 is 10.2 Å². The van der Waals surface area contributed by atoms with Crippen molar-refractivity contribution in [1.29, 1.82) is 0 Å². The van der Waals surface area contributed by atoms with Crippen LogP contribution in [0.4, 0.5) is 5.82 Å². The van der Waals surface area contributed by atoms with Crippen LogP contribution in [0.3, 0.4) is 0 Å². The summed E-state index contributed by atoms with van der Waals surface area (Å²) in [5.74, 6) is 0.488. The van der Waals surface area contributed by atoms with Crippen molar-refractivity contribution in [3.63, 3.8) is 0 Å². The Morgan fingerprint density at radius 3 is 2.83 bits per heavy atom. The first-order chi connectivity index (χ1) is 11.0. The van der Waals surface area contributed by atoms with Crippen LogP contribution in [0.25, 0.3) is 0 Å².